The van der Waals surface area contributed by atoms with Crippen LogP contribution in [0.3, 0.4) is 0 Å². The summed E-state index contributed by atoms with van der Waals surface area (Å²) in [5.74, 6) is 0.391. The van der Waals surface area contributed by atoms with Crippen molar-refractivity contribution < 1.29 is 18.0 Å². The molecule has 4 rings (SSSR count). The number of halogens is 3. The number of likely N-dealkylation sites (tertiary alicyclic amines) is 1. The molecule has 8 heteroatoms. The van der Waals surface area contributed by atoms with Gasteiger partial charge < -0.3 is 4.90 Å². The van der Waals surface area contributed by atoms with Crippen molar-refractivity contribution >= 4 is 16.8 Å². The molecule has 2 aliphatic rings. The van der Waals surface area contributed by atoms with E-state index in [9.17, 15) is 18.0 Å². The molecule has 1 amide bonds. The number of hydrogen-bond donors (Lipinski definition) is 0. The van der Waals surface area contributed by atoms with Gasteiger partial charge in [0, 0.05) is 25.0 Å². The summed E-state index contributed by atoms with van der Waals surface area (Å²) in [4.78, 5) is 18.6. The van der Waals surface area contributed by atoms with Crippen molar-refractivity contribution in [2.45, 2.75) is 57.3 Å². The number of rotatable bonds is 2. The van der Waals surface area contributed by atoms with E-state index in [1.165, 1.54) is 23.4 Å². The number of fused-ring (bicyclic) bond motifs is 2. The minimum atomic E-state index is -4.57. The van der Waals surface area contributed by atoms with E-state index in [-0.39, 0.29) is 29.4 Å². The summed E-state index contributed by atoms with van der Waals surface area (Å²) in [6.45, 7) is 0.521. The first-order valence-corrected chi connectivity index (χ1v) is 9.12. The van der Waals surface area contributed by atoms with Crippen LogP contribution in [0.4, 0.5) is 13.2 Å². The monoisotopic (exact) mass is 366 g/mol. The molecule has 2 atom stereocenters. The van der Waals surface area contributed by atoms with E-state index < -0.39 is 11.9 Å². The summed E-state index contributed by atoms with van der Waals surface area (Å²) in [6.07, 6.45) is 4.56. The molecular formula is C18H21F3N4O. The summed E-state index contributed by atoms with van der Waals surface area (Å²) in [6, 6.07) is 1.71. The Morgan fingerprint density at radius 3 is 2.77 bits per heavy atom. The molecule has 0 radical (unpaired) electrons. The molecule has 1 saturated carbocycles. The quantitative estimate of drug-likeness (QED) is 0.816. The van der Waals surface area contributed by atoms with Crippen LogP contribution in [0, 0.1) is 5.92 Å². The summed E-state index contributed by atoms with van der Waals surface area (Å²) in [5, 5.41) is 3.64. The third-order valence-electron chi connectivity index (χ3n) is 5.67. The van der Waals surface area contributed by atoms with Crippen LogP contribution in [0.25, 0.3) is 10.9 Å². The van der Waals surface area contributed by atoms with E-state index >= 15 is 0 Å². The number of pyridine rings is 1. The molecule has 26 heavy (non-hydrogen) atoms. The lowest BCUT2D eigenvalue weighted by atomic mass is 9.78. The van der Waals surface area contributed by atoms with E-state index in [1.54, 1.807) is 0 Å². The predicted molar refractivity (Wildman–Crippen MR) is 89.2 cm³/mol. The standard InChI is InChI=1S/C18H21F3N4O/c19-18(20,21)17-13-10-22-8-7-15(13)25(23-17)11-16(26)24-9-3-5-12-4-1-2-6-14(12)24/h7-8,10,12,14H,1-6,9,11H2. The average molecular weight is 366 g/mol. The van der Waals surface area contributed by atoms with E-state index in [2.05, 4.69) is 10.1 Å². The molecule has 2 unspecified atom stereocenters. The van der Waals surface area contributed by atoms with Gasteiger partial charge in [-0.1, -0.05) is 12.8 Å². The van der Waals surface area contributed by atoms with E-state index in [1.807, 2.05) is 4.90 Å². The van der Waals surface area contributed by atoms with Gasteiger partial charge in [-0.2, -0.15) is 18.3 Å². The number of aromatic nitrogens is 3. The summed E-state index contributed by atoms with van der Waals surface area (Å²) < 4.78 is 40.9. The molecule has 0 aromatic carbocycles. The SMILES string of the molecule is O=C(Cn1nc(C(F)(F)F)c2cnccc21)N1CCCC2CCCCC21. The van der Waals surface area contributed by atoms with Gasteiger partial charge in [-0.3, -0.25) is 14.5 Å². The van der Waals surface area contributed by atoms with Gasteiger partial charge >= 0.3 is 6.18 Å². The third-order valence-corrected chi connectivity index (χ3v) is 5.67. The molecule has 2 fully saturated rings. The zero-order chi connectivity index (χ0) is 18.3. The lowest BCUT2D eigenvalue weighted by Crippen LogP contribution is -2.50. The fourth-order valence-corrected chi connectivity index (χ4v) is 4.51. The van der Waals surface area contributed by atoms with Crippen LogP contribution in [0.5, 0.6) is 0 Å². The van der Waals surface area contributed by atoms with Crippen molar-refractivity contribution in [3.05, 3.63) is 24.2 Å². The number of hydrogen-bond acceptors (Lipinski definition) is 3. The maximum Gasteiger partial charge on any atom is 0.435 e. The number of carbonyl (C=O) groups excluding carboxylic acids is 1. The van der Waals surface area contributed by atoms with Gasteiger partial charge in [-0.05, 0) is 37.7 Å². The highest BCUT2D eigenvalue weighted by atomic mass is 19.4. The van der Waals surface area contributed by atoms with E-state index in [0.29, 0.717) is 12.5 Å². The molecule has 5 nitrogen and oxygen atoms in total. The summed E-state index contributed by atoms with van der Waals surface area (Å²) >= 11 is 0. The number of amides is 1. The second kappa shape index (κ2) is 6.55. The van der Waals surface area contributed by atoms with Crippen molar-refractivity contribution in [3.63, 3.8) is 0 Å². The van der Waals surface area contributed by atoms with Crippen LogP contribution in [0.1, 0.15) is 44.2 Å². The molecule has 2 aromatic rings. The highest BCUT2D eigenvalue weighted by molar-refractivity contribution is 5.84. The predicted octanol–water partition coefficient (Wildman–Crippen LogP) is 3.63. The minimum Gasteiger partial charge on any atom is -0.338 e. The smallest absolute Gasteiger partial charge is 0.338 e. The highest BCUT2D eigenvalue weighted by Gasteiger charge is 2.38. The minimum absolute atomic E-state index is 0.0676. The Hall–Kier alpha value is -2.12. The van der Waals surface area contributed by atoms with Gasteiger partial charge in [0.05, 0.1) is 10.9 Å². The largest absolute Gasteiger partial charge is 0.435 e. The Labute approximate surface area is 149 Å². The molecule has 0 N–H and O–H groups in total. The first kappa shape index (κ1) is 17.3. The molecule has 0 bridgehead atoms. The Morgan fingerprint density at radius 1 is 1.19 bits per heavy atom. The van der Waals surface area contributed by atoms with Crippen LogP contribution >= 0.6 is 0 Å². The second-order valence-corrected chi connectivity index (χ2v) is 7.24. The molecule has 1 saturated heterocycles. The zero-order valence-corrected chi connectivity index (χ0v) is 14.4. The second-order valence-electron chi connectivity index (χ2n) is 7.24. The number of carbonyl (C=O) groups is 1. The van der Waals surface area contributed by atoms with E-state index in [0.717, 1.165) is 38.3 Å². The maximum absolute atomic E-state index is 13.2. The van der Waals surface area contributed by atoms with Gasteiger partial charge in [0.15, 0.2) is 5.69 Å². The van der Waals surface area contributed by atoms with Crippen molar-refractivity contribution in [1.29, 1.82) is 0 Å². The lowest BCUT2D eigenvalue weighted by molar-refractivity contribution is -0.142. The summed E-state index contributed by atoms with van der Waals surface area (Å²) in [5.41, 5.74) is -0.694. The van der Waals surface area contributed by atoms with Crippen LogP contribution in [-0.4, -0.2) is 38.2 Å². The zero-order valence-electron chi connectivity index (χ0n) is 14.4. The van der Waals surface area contributed by atoms with E-state index in [4.69, 9.17) is 0 Å². The molecular weight excluding hydrogens is 345 g/mol. The van der Waals surface area contributed by atoms with Crippen molar-refractivity contribution in [2.75, 3.05) is 6.54 Å². The Morgan fingerprint density at radius 2 is 1.96 bits per heavy atom. The molecule has 3 heterocycles. The summed E-state index contributed by atoms with van der Waals surface area (Å²) in [7, 11) is 0. The Kier molecular flexibility index (Phi) is 4.36. The first-order chi connectivity index (χ1) is 12.4. The van der Waals surface area contributed by atoms with Gasteiger partial charge in [0.1, 0.15) is 6.54 Å². The normalized spacial score (nSPS) is 23.9. The number of alkyl halides is 3. The van der Waals surface area contributed by atoms with Crippen molar-refractivity contribution in [1.82, 2.24) is 19.7 Å². The molecule has 1 aliphatic carbocycles. The third kappa shape index (κ3) is 3.05. The fraction of sp³-hybridized carbons (Fsp3) is 0.611. The Balaban J connectivity index is 1.62. The van der Waals surface area contributed by atoms with Crippen molar-refractivity contribution in [2.24, 2.45) is 5.92 Å². The highest BCUT2D eigenvalue weighted by Crippen LogP contribution is 2.36. The van der Waals surface area contributed by atoms with Gasteiger partial charge in [0.2, 0.25) is 5.91 Å². The maximum atomic E-state index is 13.2. The number of nitrogens with zero attached hydrogens (tertiary/aromatic N) is 4. The van der Waals surface area contributed by atoms with Crippen LogP contribution in [0.15, 0.2) is 18.5 Å². The van der Waals surface area contributed by atoms with Gasteiger partial charge in [-0.25, -0.2) is 0 Å². The Bertz CT molecular complexity index is 814. The van der Waals surface area contributed by atoms with Crippen LogP contribution < -0.4 is 0 Å². The molecule has 140 valence electrons. The molecule has 0 spiro atoms. The van der Waals surface area contributed by atoms with Gasteiger partial charge in [-0.15, -0.1) is 0 Å². The van der Waals surface area contributed by atoms with Gasteiger partial charge in [0.25, 0.3) is 0 Å². The number of piperidine rings is 1. The molecule has 1 aliphatic heterocycles. The van der Waals surface area contributed by atoms with Crippen molar-refractivity contribution in [3.8, 4) is 0 Å². The topological polar surface area (TPSA) is 51.0 Å². The first-order valence-electron chi connectivity index (χ1n) is 9.12. The molecule has 2 aromatic heterocycles. The lowest BCUT2D eigenvalue weighted by Gasteiger charge is -2.44. The van der Waals surface area contributed by atoms with Crippen LogP contribution in [-0.2, 0) is 17.5 Å². The average Bonchev–Trinajstić information content (AvgIpc) is 3.00. The van der Waals surface area contributed by atoms with Crippen LogP contribution in [0.2, 0.25) is 0 Å². The fourth-order valence-electron chi connectivity index (χ4n) is 4.51.